The van der Waals surface area contributed by atoms with Crippen LogP contribution in [0.4, 0.5) is 0 Å². The SMILES string of the molecule is CCC1COCCN1S(=O)(=O)c1ccc(CCO)cc1. The summed E-state index contributed by atoms with van der Waals surface area (Å²) in [5.74, 6) is 0. The van der Waals surface area contributed by atoms with E-state index in [1.165, 1.54) is 4.31 Å². The van der Waals surface area contributed by atoms with Crippen LogP contribution < -0.4 is 0 Å². The van der Waals surface area contributed by atoms with Gasteiger partial charge in [0.2, 0.25) is 10.0 Å². The lowest BCUT2D eigenvalue weighted by Gasteiger charge is -2.34. The molecule has 1 aliphatic rings. The van der Waals surface area contributed by atoms with E-state index in [2.05, 4.69) is 0 Å². The van der Waals surface area contributed by atoms with Crippen molar-refractivity contribution in [3.05, 3.63) is 29.8 Å². The molecule has 5 nitrogen and oxygen atoms in total. The predicted molar refractivity (Wildman–Crippen MR) is 76.0 cm³/mol. The van der Waals surface area contributed by atoms with Gasteiger partial charge in [-0.1, -0.05) is 19.1 Å². The summed E-state index contributed by atoms with van der Waals surface area (Å²) < 4.78 is 32.2. The molecule has 2 rings (SSSR count). The molecular formula is C14H21NO4S. The predicted octanol–water partition coefficient (Wildman–Crippen LogP) is 1.02. The summed E-state index contributed by atoms with van der Waals surface area (Å²) in [6.45, 7) is 3.33. The van der Waals surface area contributed by atoms with E-state index in [9.17, 15) is 8.42 Å². The van der Waals surface area contributed by atoms with Gasteiger partial charge in [0.1, 0.15) is 0 Å². The lowest BCUT2D eigenvalue weighted by atomic mass is 10.2. The van der Waals surface area contributed by atoms with Gasteiger partial charge in [-0.2, -0.15) is 4.31 Å². The highest BCUT2D eigenvalue weighted by molar-refractivity contribution is 7.89. The van der Waals surface area contributed by atoms with Crippen LogP contribution in [0, 0.1) is 0 Å². The molecule has 1 heterocycles. The van der Waals surface area contributed by atoms with Crippen molar-refractivity contribution in [2.45, 2.75) is 30.7 Å². The van der Waals surface area contributed by atoms with Gasteiger partial charge in [0.25, 0.3) is 0 Å². The van der Waals surface area contributed by atoms with Crippen LogP contribution in [0.2, 0.25) is 0 Å². The van der Waals surface area contributed by atoms with Crippen LogP contribution in [0.25, 0.3) is 0 Å². The molecule has 6 heteroatoms. The Bertz CT molecular complexity index is 527. The first-order chi connectivity index (χ1) is 9.59. The average Bonchev–Trinajstić information content (AvgIpc) is 2.48. The smallest absolute Gasteiger partial charge is 0.243 e. The third-order valence-corrected chi connectivity index (χ3v) is 5.54. The molecule has 0 amide bonds. The van der Waals surface area contributed by atoms with Crippen LogP contribution in [-0.2, 0) is 21.2 Å². The van der Waals surface area contributed by atoms with Crippen LogP contribution in [0.3, 0.4) is 0 Å². The Kier molecular flexibility index (Phi) is 5.15. The highest BCUT2D eigenvalue weighted by Crippen LogP contribution is 2.22. The second-order valence-corrected chi connectivity index (χ2v) is 6.76. The Morgan fingerprint density at radius 1 is 1.35 bits per heavy atom. The van der Waals surface area contributed by atoms with E-state index in [0.717, 1.165) is 12.0 Å². The van der Waals surface area contributed by atoms with Crippen molar-refractivity contribution in [3.8, 4) is 0 Å². The van der Waals surface area contributed by atoms with Gasteiger partial charge in [-0.3, -0.25) is 0 Å². The normalized spacial score (nSPS) is 21.0. The Morgan fingerprint density at radius 2 is 2.05 bits per heavy atom. The first-order valence-corrected chi connectivity index (χ1v) is 8.33. The molecule has 0 aliphatic carbocycles. The van der Waals surface area contributed by atoms with Gasteiger partial charge in [-0.15, -0.1) is 0 Å². The van der Waals surface area contributed by atoms with Gasteiger partial charge in [-0.05, 0) is 30.5 Å². The van der Waals surface area contributed by atoms with Crippen molar-refractivity contribution in [2.75, 3.05) is 26.4 Å². The van der Waals surface area contributed by atoms with Gasteiger partial charge < -0.3 is 9.84 Å². The highest BCUT2D eigenvalue weighted by atomic mass is 32.2. The second-order valence-electron chi connectivity index (χ2n) is 4.87. The summed E-state index contributed by atoms with van der Waals surface area (Å²) in [4.78, 5) is 0.305. The molecule has 0 spiro atoms. The number of hydrogen-bond acceptors (Lipinski definition) is 4. The van der Waals surface area contributed by atoms with Gasteiger partial charge >= 0.3 is 0 Å². The fourth-order valence-corrected chi connectivity index (χ4v) is 4.04. The maximum atomic E-state index is 12.6. The quantitative estimate of drug-likeness (QED) is 0.881. The van der Waals surface area contributed by atoms with E-state index in [1.54, 1.807) is 24.3 Å². The standard InChI is InChI=1S/C14H21NO4S/c1-2-13-11-19-10-8-15(13)20(17,18)14-5-3-12(4-6-14)7-9-16/h3-6,13,16H,2,7-11H2,1H3. The largest absolute Gasteiger partial charge is 0.396 e. The Morgan fingerprint density at radius 3 is 2.65 bits per heavy atom. The Labute approximate surface area is 120 Å². The van der Waals surface area contributed by atoms with E-state index in [-0.39, 0.29) is 12.6 Å². The van der Waals surface area contributed by atoms with Crippen molar-refractivity contribution in [1.29, 1.82) is 0 Å². The van der Waals surface area contributed by atoms with Gasteiger partial charge in [0, 0.05) is 19.2 Å². The number of morpholine rings is 1. The van der Waals surface area contributed by atoms with Gasteiger partial charge in [-0.25, -0.2) is 8.42 Å². The average molecular weight is 299 g/mol. The maximum Gasteiger partial charge on any atom is 0.243 e. The minimum absolute atomic E-state index is 0.0630. The fourth-order valence-electron chi connectivity index (χ4n) is 2.37. The number of ether oxygens (including phenoxy) is 1. The third kappa shape index (κ3) is 3.20. The zero-order chi connectivity index (χ0) is 14.6. The van der Waals surface area contributed by atoms with E-state index < -0.39 is 10.0 Å². The molecule has 1 aliphatic heterocycles. The Balaban J connectivity index is 2.24. The zero-order valence-corrected chi connectivity index (χ0v) is 12.5. The minimum atomic E-state index is -3.46. The van der Waals surface area contributed by atoms with Crippen molar-refractivity contribution in [1.82, 2.24) is 4.31 Å². The Hall–Kier alpha value is -0.950. The van der Waals surface area contributed by atoms with Crippen molar-refractivity contribution < 1.29 is 18.3 Å². The molecule has 1 atom stereocenters. The van der Waals surface area contributed by atoms with E-state index in [1.807, 2.05) is 6.92 Å². The zero-order valence-electron chi connectivity index (χ0n) is 11.7. The van der Waals surface area contributed by atoms with Crippen LogP contribution >= 0.6 is 0 Å². The van der Waals surface area contributed by atoms with Gasteiger partial charge in [0.15, 0.2) is 0 Å². The van der Waals surface area contributed by atoms with E-state index in [4.69, 9.17) is 9.84 Å². The van der Waals surface area contributed by atoms with Crippen molar-refractivity contribution in [3.63, 3.8) is 0 Å². The molecule has 0 aromatic heterocycles. The summed E-state index contributed by atoms with van der Waals surface area (Å²) in [6.07, 6.45) is 1.28. The molecule has 0 bridgehead atoms. The monoisotopic (exact) mass is 299 g/mol. The lowest BCUT2D eigenvalue weighted by molar-refractivity contribution is 0.0314. The minimum Gasteiger partial charge on any atom is -0.396 e. The molecule has 1 N–H and O–H groups in total. The van der Waals surface area contributed by atoms with E-state index in [0.29, 0.717) is 31.1 Å². The number of aliphatic hydroxyl groups is 1. The number of hydrogen-bond donors (Lipinski definition) is 1. The molecule has 1 aromatic rings. The first kappa shape index (κ1) is 15.4. The van der Waals surface area contributed by atoms with E-state index >= 15 is 0 Å². The van der Waals surface area contributed by atoms with Crippen LogP contribution in [0.1, 0.15) is 18.9 Å². The first-order valence-electron chi connectivity index (χ1n) is 6.89. The summed E-state index contributed by atoms with van der Waals surface area (Å²) in [5.41, 5.74) is 0.931. The summed E-state index contributed by atoms with van der Waals surface area (Å²) >= 11 is 0. The number of sulfonamides is 1. The van der Waals surface area contributed by atoms with Crippen LogP contribution in [0.5, 0.6) is 0 Å². The molecule has 20 heavy (non-hydrogen) atoms. The molecule has 0 radical (unpaired) electrons. The number of benzene rings is 1. The number of rotatable bonds is 5. The summed E-state index contributed by atoms with van der Waals surface area (Å²) in [6, 6.07) is 6.64. The van der Waals surface area contributed by atoms with Gasteiger partial charge in [0.05, 0.1) is 18.1 Å². The molecule has 1 unspecified atom stereocenters. The molecule has 1 saturated heterocycles. The summed E-state index contributed by atoms with van der Waals surface area (Å²) in [5, 5.41) is 8.88. The van der Waals surface area contributed by atoms with Crippen molar-refractivity contribution >= 4 is 10.0 Å². The van der Waals surface area contributed by atoms with Crippen LogP contribution in [0.15, 0.2) is 29.2 Å². The number of aliphatic hydroxyl groups excluding tert-OH is 1. The lowest BCUT2D eigenvalue weighted by Crippen LogP contribution is -2.48. The number of nitrogens with zero attached hydrogens (tertiary/aromatic N) is 1. The molecular weight excluding hydrogens is 278 g/mol. The maximum absolute atomic E-state index is 12.6. The fraction of sp³-hybridized carbons (Fsp3) is 0.571. The molecule has 1 aromatic carbocycles. The van der Waals surface area contributed by atoms with Crippen LogP contribution in [-0.4, -0.2) is 50.2 Å². The molecule has 0 saturated carbocycles. The second kappa shape index (κ2) is 6.67. The molecule has 112 valence electrons. The third-order valence-electron chi connectivity index (χ3n) is 3.58. The van der Waals surface area contributed by atoms with Crippen molar-refractivity contribution in [2.24, 2.45) is 0 Å². The molecule has 1 fully saturated rings. The topological polar surface area (TPSA) is 66.8 Å². The summed E-state index contributed by atoms with van der Waals surface area (Å²) in [7, 11) is -3.46. The highest BCUT2D eigenvalue weighted by Gasteiger charge is 2.32.